The summed E-state index contributed by atoms with van der Waals surface area (Å²) < 4.78 is 0. The summed E-state index contributed by atoms with van der Waals surface area (Å²) in [7, 11) is 0. The molecule has 1 saturated heterocycles. The number of hydrogen-bond donors (Lipinski definition) is 2. The Bertz CT molecular complexity index is 249. The normalized spacial score (nSPS) is 18.1. The molecule has 0 amide bonds. The van der Waals surface area contributed by atoms with Gasteiger partial charge in [0.1, 0.15) is 5.84 Å². The van der Waals surface area contributed by atoms with Crippen LogP contribution in [0.5, 0.6) is 0 Å². The smallest absolute Gasteiger partial charge is 0.140 e. The third-order valence-electron chi connectivity index (χ3n) is 3.63. The molecule has 3 N–H and O–H groups in total. The second-order valence-electron chi connectivity index (χ2n) is 5.37. The summed E-state index contributed by atoms with van der Waals surface area (Å²) in [6.45, 7) is 10.1. The van der Waals surface area contributed by atoms with Crippen LogP contribution in [-0.2, 0) is 0 Å². The third-order valence-corrected chi connectivity index (χ3v) is 3.63. The van der Waals surface area contributed by atoms with E-state index in [0.717, 1.165) is 13.1 Å². The van der Waals surface area contributed by atoms with E-state index in [1.54, 1.807) is 0 Å². The summed E-state index contributed by atoms with van der Waals surface area (Å²) in [6.07, 6.45) is 4.56. The van der Waals surface area contributed by atoms with Crippen LogP contribution in [0, 0.1) is 0 Å². The van der Waals surface area contributed by atoms with Gasteiger partial charge in [0.15, 0.2) is 0 Å². The lowest BCUT2D eigenvalue weighted by molar-refractivity contribution is 0.209. The van der Waals surface area contributed by atoms with Gasteiger partial charge in [-0.2, -0.15) is 0 Å². The van der Waals surface area contributed by atoms with Crippen LogP contribution in [0.3, 0.4) is 0 Å². The van der Waals surface area contributed by atoms with Crippen molar-refractivity contribution in [3.63, 3.8) is 0 Å². The standard InChI is InChI=1S/C13H28N4O/c1-12(2)17(11-6-13(14)15-18)10-5-9-16-7-3-4-8-16/h12,18H,3-11H2,1-2H3,(H2,14,15). The summed E-state index contributed by atoms with van der Waals surface area (Å²) in [4.78, 5) is 4.94. The third kappa shape index (κ3) is 5.69. The van der Waals surface area contributed by atoms with Crippen molar-refractivity contribution in [3.05, 3.63) is 0 Å². The molecule has 18 heavy (non-hydrogen) atoms. The summed E-state index contributed by atoms with van der Waals surface area (Å²) in [5, 5.41) is 11.6. The lowest BCUT2D eigenvalue weighted by Crippen LogP contribution is -2.36. The monoisotopic (exact) mass is 256 g/mol. The molecule has 5 nitrogen and oxygen atoms in total. The lowest BCUT2D eigenvalue weighted by atomic mass is 10.2. The molecule has 0 aromatic heterocycles. The highest BCUT2D eigenvalue weighted by atomic mass is 16.4. The van der Waals surface area contributed by atoms with Gasteiger partial charge in [0.05, 0.1) is 0 Å². The van der Waals surface area contributed by atoms with Crippen molar-refractivity contribution in [2.24, 2.45) is 10.9 Å². The minimum Gasteiger partial charge on any atom is -0.409 e. The van der Waals surface area contributed by atoms with Crippen molar-refractivity contribution in [1.29, 1.82) is 0 Å². The number of rotatable bonds is 8. The summed E-state index contributed by atoms with van der Waals surface area (Å²) >= 11 is 0. The van der Waals surface area contributed by atoms with Gasteiger partial charge in [0.25, 0.3) is 0 Å². The molecule has 106 valence electrons. The van der Waals surface area contributed by atoms with E-state index in [2.05, 4.69) is 28.8 Å². The Kier molecular flexibility index (Phi) is 7.05. The highest BCUT2D eigenvalue weighted by Crippen LogP contribution is 2.08. The fraction of sp³-hybridized carbons (Fsp3) is 0.923. The Morgan fingerprint density at radius 3 is 2.56 bits per heavy atom. The molecule has 0 aliphatic carbocycles. The van der Waals surface area contributed by atoms with E-state index in [1.165, 1.54) is 38.9 Å². The lowest BCUT2D eigenvalue weighted by Gasteiger charge is -2.27. The zero-order valence-electron chi connectivity index (χ0n) is 11.8. The molecule has 0 radical (unpaired) electrons. The van der Waals surface area contributed by atoms with Gasteiger partial charge in [-0.15, -0.1) is 0 Å². The molecule has 1 fully saturated rings. The van der Waals surface area contributed by atoms with Crippen molar-refractivity contribution < 1.29 is 5.21 Å². The predicted octanol–water partition coefficient (Wildman–Crippen LogP) is 1.32. The van der Waals surface area contributed by atoms with E-state index in [1.807, 2.05) is 0 Å². The predicted molar refractivity (Wildman–Crippen MR) is 75.0 cm³/mol. The van der Waals surface area contributed by atoms with Crippen LogP contribution in [0.1, 0.15) is 39.5 Å². The molecule has 0 spiro atoms. The van der Waals surface area contributed by atoms with Gasteiger partial charge in [-0.1, -0.05) is 5.16 Å². The number of likely N-dealkylation sites (tertiary alicyclic amines) is 1. The topological polar surface area (TPSA) is 65.1 Å². The Morgan fingerprint density at radius 1 is 1.33 bits per heavy atom. The van der Waals surface area contributed by atoms with Gasteiger partial charge in [-0.05, 0) is 59.3 Å². The second kappa shape index (κ2) is 8.32. The van der Waals surface area contributed by atoms with Crippen molar-refractivity contribution in [2.75, 3.05) is 32.7 Å². The number of nitrogens with two attached hydrogens (primary N) is 1. The van der Waals surface area contributed by atoms with Crippen molar-refractivity contribution in [2.45, 2.75) is 45.6 Å². The SMILES string of the molecule is CC(C)N(CCCN1CCCC1)CCC(N)=NO. The zero-order valence-corrected chi connectivity index (χ0v) is 11.8. The van der Waals surface area contributed by atoms with Crippen LogP contribution in [0.2, 0.25) is 0 Å². The van der Waals surface area contributed by atoms with E-state index in [4.69, 9.17) is 10.9 Å². The van der Waals surface area contributed by atoms with E-state index in [0.29, 0.717) is 18.3 Å². The largest absolute Gasteiger partial charge is 0.409 e. The van der Waals surface area contributed by atoms with E-state index in [-0.39, 0.29) is 0 Å². The summed E-state index contributed by atoms with van der Waals surface area (Å²) in [6, 6.07) is 0.509. The molecule has 5 heteroatoms. The van der Waals surface area contributed by atoms with Crippen LogP contribution in [0.15, 0.2) is 5.16 Å². The molecule has 0 bridgehead atoms. The molecule has 0 unspecified atom stereocenters. The van der Waals surface area contributed by atoms with Gasteiger partial charge in [-0.25, -0.2) is 0 Å². The minimum atomic E-state index is 0.320. The number of amidine groups is 1. The maximum atomic E-state index is 8.54. The maximum Gasteiger partial charge on any atom is 0.140 e. The molecule has 1 rings (SSSR count). The van der Waals surface area contributed by atoms with Gasteiger partial charge >= 0.3 is 0 Å². The van der Waals surface area contributed by atoms with Crippen molar-refractivity contribution in [1.82, 2.24) is 9.80 Å². The van der Waals surface area contributed by atoms with Crippen LogP contribution >= 0.6 is 0 Å². The van der Waals surface area contributed by atoms with E-state index < -0.39 is 0 Å². The van der Waals surface area contributed by atoms with Crippen LogP contribution in [-0.4, -0.2) is 59.6 Å². The Balaban J connectivity index is 2.20. The molecule has 0 aromatic carbocycles. The first-order valence-electron chi connectivity index (χ1n) is 7.06. The van der Waals surface area contributed by atoms with Gasteiger partial charge < -0.3 is 20.7 Å². The van der Waals surface area contributed by atoms with Gasteiger partial charge in [0.2, 0.25) is 0 Å². The number of nitrogens with zero attached hydrogens (tertiary/aromatic N) is 3. The summed E-state index contributed by atoms with van der Waals surface area (Å²) in [5.74, 6) is 0.320. The maximum absolute atomic E-state index is 8.54. The minimum absolute atomic E-state index is 0.320. The average Bonchev–Trinajstić information content (AvgIpc) is 2.85. The molecular formula is C13H28N4O. The quantitative estimate of drug-likeness (QED) is 0.297. The van der Waals surface area contributed by atoms with E-state index >= 15 is 0 Å². The Labute approximate surface area is 111 Å². The highest BCUT2D eigenvalue weighted by Gasteiger charge is 2.13. The van der Waals surface area contributed by atoms with Gasteiger partial charge in [-0.3, -0.25) is 0 Å². The molecule has 1 aliphatic heterocycles. The number of oxime groups is 1. The second-order valence-corrected chi connectivity index (χ2v) is 5.37. The first kappa shape index (κ1) is 15.2. The van der Waals surface area contributed by atoms with Crippen LogP contribution in [0.25, 0.3) is 0 Å². The van der Waals surface area contributed by atoms with Crippen molar-refractivity contribution >= 4 is 5.84 Å². The molecule has 1 heterocycles. The van der Waals surface area contributed by atoms with Crippen LogP contribution in [0.4, 0.5) is 0 Å². The highest BCUT2D eigenvalue weighted by molar-refractivity contribution is 5.79. The number of hydrogen-bond acceptors (Lipinski definition) is 4. The summed E-state index contributed by atoms with van der Waals surface area (Å²) in [5.41, 5.74) is 5.51. The molecule has 0 saturated carbocycles. The van der Waals surface area contributed by atoms with Crippen LogP contribution < -0.4 is 5.73 Å². The molecule has 0 aromatic rings. The average molecular weight is 256 g/mol. The van der Waals surface area contributed by atoms with Gasteiger partial charge in [0, 0.05) is 19.0 Å². The molecular weight excluding hydrogens is 228 g/mol. The first-order chi connectivity index (χ1) is 8.63. The fourth-order valence-corrected chi connectivity index (χ4v) is 2.44. The first-order valence-corrected chi connectivity index (χ1v) is 7.06. The fourth-order valence-electron chi connectivity index (χ4n) is 2.44. The van der Waals surface area contributed by atoms with Crippen molar-refractivity contribution in [3.8, 4) is 0 Å². The Morgan fingerprint density at radius 2 is 2.00 bits per heavy atom. The molecule has 0 atom stereocenters. The molecule has 1 aliphatic rings. The zero-order chi connectivity index (χ0) is 13.4. The van der Waals surface area contributed by atoms with E-state index in [9.17, 15) is 0 Å². The Hall–Kier alpha value is -0.810.